The molecule has 7 heteroatoms. The van der Waals surface area contributed by atoms with Gasteiger partial charge in [-0.05, 0) is 25.6 Å². The number of hydrogen-bond acceptors (Lipinski definition) is 4. The Morgan fingerprint density at radius 2 is 2.17 bits per heavy atom. The Bertz CT molecular complexity index is 713. The first-order valence-electron chi connectivity index (χ1n) is 8.28. The van der Waals surface area contributed by atoms with E-state index in [1.54, 1.807) is 6.20 Å². The number of carbonyl (C=O) groups is 1. The van der Waals surface area contributed by atoms with E-state index in [4.69, 9.17) is 0 Å². The molecule has 3 heterocycles. The molecule has 24 heavy (non-hydrogen) atoms. The molecule has 128 valence electrons. The second-order valence-corrected chi connectivity index (χ2v) is 6.10. The van der Waals surface area contributed by atoms with E-state index < -0.39 is 0 Å². The van der Waals surface area contributed by atoms with Crippen LogP contribution >= 0.6 is 0 Å². The Labute approximate surface area is 142 Å². The van der Waals surface area contributed by atoms with Gasteiger partial charge in [0.05, 0.1) is 6.04 Å². The van der Waals surface area contributed by atoms with Crippen LogP contribution in [0.25, 0.3) is 0 Å². The van der Waals surface area contributed by atoms with Crippen molar-refractivity contribution in [1.29, 1.82) is 0 Å². The fourth-order valence-electron chi connectivity index (χ4n) is 3.15. The Morgan fingerprint density at radius 1 is 1.33 bits per heavy atom. The third kappa shape index (κ3) is 3.41. The van der Waals surface area contributed by atoms with Crippen molar-refractivity contribution >= 4 is 11.7 Å². The summed E-state index contributed by atoms with van der Waals surface area (Å²) < 4.78 is 2.03. The normalized spacial score (nSPS) is 18.6. The first-order valence-corrected chi connectivity index (χ1v) is 8.28. The number of piperazine rings is 1. The highest BCUT2D eigenvalue weighted by atomic mass is 16.2. The zero-order valence-electron chi connectivity index (χ0n) is 14.4. The molecular formula is C17H24N6O. The number of aryl methyl sites for hydroxylation is 2. The summed E-state index contributed by atoms with van der Waals surface area (Å²) in [4.78, 5) is 25.5. The van der Waals surface area contributed by atoms with Gasteiger partial charge >= 0.3 is 6.03 Å². The summed E-state index contributed by atoms with van der Waals surface area (Å²) in [6.07, 6.45) is 5.46. The van der Waals surface area contributed by atoms with Crippen molar-refractivity contribution in [1.82, 2.24) is 24.3 Å². The van der Waals surface area contributed by atoms with Crippen molar-refractivity contribution in [3.63, 3.8) is 0 Å². The van der Waals surface area contributed by atoms with Crippen molar-refractivity contribution in [2.24, 2.45) is 7.05 Å². The van der Waals surface area contributed by atoms with Crippen molar-refractivity contribution in [2.45, 2.75) is 19.9 Å². The van der Waals surface area contributed by atoms with E-state index in [0.717, 1.165) is 30.3 Å². The van der Waals surface area contributed by atoms with Crippen LogP contribution in [0.1, 0.15) is 24.5 Å². The zero-order valence-corrected chi connectivity index (χ0v) is 14.4. The van der Waals surface area contributed by atoms with Gasteiger partial charge in [-0.2, -0.15) is 0 Å². The van der Waals surface area contributed by atoms with Crippen LogP contribution in [0.5, 0.6) is 0 Å². The predicted molar refractivity (Wildman–Crippen MR) is 92.8 cm³/mol. The molecule has 1 fully saturated rings. The van der Waals surface area contributed by atoms with E-state index in [9.17, 15) is 4.79 Å². The highest BCUT2D eigenvalue weighted by Crippen LogP contribution is 2.24. The molecule has 0 saturated carbocycles. The maximum Gasteiger partial charge on any atom is 0.321 e. The average molecular weight is 328 g/mol. The van der Waals surface area contributed by atoms with Gasteiger partial charge in [-0.3, -0.25) is 9.88 Å². The molecule has 0 aliphatic carbocycles. The molecule has 0 spiro atoms. The number of imidazole rings is 1. The molecule has 1 N–H and O–H groups in total. The summed E-state index contributed by atoms with van der Waals surface area (Å²) >= 11 is 0. The lowest BCUT2D eigenvalue weighted by Gasteiger charge is -2.40. The highest BCUT2D eigenvalue weighted by Gasteiger charge is 2.31. The van der Waals surface area contributed by atoms with E-state index in [1.165, 1.54) is 0 Å². The van der Waals surface area contributed by atoms with Crippen LogP contribution in [0.2, 0.25) is 0 Å². The number of nitrogens with zero attached hydrogens (tertiary/aromatic N) is 5. The van der Waals surface area contributed by atoms with Crippen LogP contribution in [0.4, 0.5) is 10.5 Å². The lowest BCUT2D eigenvalue weighted by molar-refractivity contribution is 0.0927. The Morgan fingerprint density at radius 3 is 2.83 bits per heavy atom. The third-order valence-corrected chi connectivity index (χ3v) is 4.49. The first kappa shape index (κ1) is 16.4. The molecule has 2 aromatic rings. The third-order valence-electron chi connectivity index (χ3n) is 4.49. The van der Waals surface area contributed by atoms with Gasteiger partial charge in [-0.1, -0.05) is 6.92 Å². The van der Waals surface area contributed by atoms with Gasteiger partial charge in [0.2, 0.25) is 0 Å². The minimum Gasteiger partial charge on any atom is -0.337 e. The molecular weight excluding hydrogens is 304 g/mol. The van der Waals surface area contributed by atoms with Crippen LogP contribution in [0.15, 0.2) is 30.7 Å². The van der Waals surface area contributed by atoms with E-state index in [1.807, 2.05) is 48.0 Å². The van der Waals surface area contributed by atoms with Gasteiger partial charge < -0.3 is 14.8 Å². The molecule has 1 saturated heterocycles. The summed E-state index contributed by atoms with van der Waals surface area (Å²) in [7, 11) is 1.99. The Kier molecular flexibility index (Phi) is 4.80. The van der Waals surface area contributed by atoms with Crippen molar-refractivity contribution < 1.29 is 4.79 Å². The molecule has 7 nitrogen and oxygen atoms in total. The molecule has 1 unspecified atom stereocenters. The molecule has 2 amide bonds. The van der Waals surface area contributed by atoms with Crippen LogP contribution in [0, 0.1) is 6.92 Å². The van der Waals surface area contributed by atoms with Crippen LogP contribution in [0.3, 0.4) is 0 Å². The number of pyridine rings is 1. The number of anilines is 1. The van der Waals surface area contributed by atoms with Gasteiger partial charge in [-0.25, -0.2) is 9.78 Å². The molecule has 0 bridgehead atoms. The first-order chi connectivity index (χ1) is 11.6. The second-order valence-electron chi connectivity index (χ2n) is 6.10. The number of hydrogen-bond donors (Lipinski definition) is 1. The van der Waals surface area contributed by atoms with Gasteiger partial charge in [0, 0.05) is 56.7 Å². The highest BCUT2D eigenvalue weighted by molar-refractivity contribution is 5.89. The summed E-state index contributed by atoms with van der Waals surface area (Å²) in [5.74, 6) is 0.995. The number of aromatic nitrogens is 3. The number of likely N-dealkylation sites (N-methyl/N-ethyl adjacent to an activating group) is 1. The minimum atomic E-state index is -0.0736. The number of nitrogens with one attached hydrogen (secondary N) is 1. The standard InChI is InChI=1S/C17H24N6O/c1-4-22-9-10-23(12-15(22)16-19-7-8-21(16)3)17(24)20-14-5-6-18-13(2)11-14/h5-8,11,15H,4,9-10,12H2,1-3H3,(H,18,20,24). The van der Waals surface area contributed by atoms with E-state index in [2.05, 4.69) is 27.1 Å². The largest absolute Gasteiger partial charge is 0.337 e. The predicted octanol–water partition coefficient (Wildman–Crippen LogP) is 2.03. The van der Waals surface area contributed by atoms with E-state index in [0.29, 0.717) is 13.1 Å². The maximum absolute atomic E-state index is 12.6. The smallest absolute Gasteiger partial charge is 0.321 e. The molecule has 1 atom stereocenters. The number of urea groups is 1. The fraction of sp³-hybridized carbons (Fsp3) is 0.471. The van der Waals surface area contributed by atoms with Gasteiger partial charge in [-0.15, -0.1) is 0 Å². The number of carbonyl (C=O) groups excluding carboxylic acids is 1. The molecule has 1 aliphatic heterocycles. The monoisotopic (exact) mass is 328 g/mol. The summed E-state index contributed by atoms with van der Waals surface area (Å²) in [5, 5.41) is 2.97. The van der Waals surface area contributed by atoms with E-state index >= 15 is 0 Å². The molecule has 2 aromatic heterocycles. The lowest BCUT2D eigenvalue weighted by atomic mass is 10.1. The van der Waals surface area contributed by atoms with Gasteiger partial charge in [0.1, 0.15) is 5.82 Å². The Hall–Kier alpha value is -2.41. The molecule has 1 aliphatic rings. The average Bonchev–Trinajstić information content (AvgIpc) is 3.00. The molecule has 3 rings (SSSR count). The summed E-state index contributed by atoms with van der Waals surface area (Å²) in [5.41, 5.74) is 1.66. The van der Waals surface area contributed by atoms with E-state index in [-0.39, 0.29) is 12.1 Å². The zero-order chi connectivity index (χ0) is 17.1. The van der Waals surface area contributed by atoms with Gasteiger partial charge in [0.25, 0.3) is 0 Å². The maximum atomic E-state index is 12.6. The fourth-order valence-corrected chi connectivity index (χ4v) is 3.15. The topological polar surface area (TPSA) is 66.3 Å². The summed E-state index contributed by atoms with van der Waals surface area (Å²) in [6.45, 7) is 7.19. The summed E-state index contributed by atoms with van der Waals surface area (Å²) in [6, 6.07) is 3.73. The number of amides is 2. The Balaban J connectivity index is 1.73. The van der Waals surface area contributed by atoms with Crippen molar-refractivity contribution in [2.75, 3.05) is 31.5 Å². The second kappa shape index (κ2) is 7.00. The van der Waals surface area contributed by atoms with Crippen molar-refractivity contribution in [3.8, 4) is 0 Å². The van der Waals surface area contributed by atoms with Crippen molar-refractivity contribution in [3.05, 3.63) is 42.2 Å². The van der Waals surface area contributed by atoms with Crippen LogP contribution in [-0.2, 0) is 7.05 Å². The minimum absolute atomic E-state index is 0.0736. The SMILES string of the molecule is CCN1CCN(C(=O)Nc2ccnc(C)c2)CC1c1nccn1C. The molecule has 0 radical (unpaired) electrons. The number of rotatable bonds is 3. The molecule has 0 aromatic carbocycles. The van der Waals surface area contributed by atoms with Crippen LogP contribution < -0.4 is 5.32 Å². The lowest BCUT2D eigenvalue weighted by Crippen LogP contribution is -2.52. The quantitative estimate of drug-likeness (QED) is 0.936. The van der Waals surface area contributed by atoms with Crippen LogP contribution in [-0.4, -0.2) is 56.5 Å². The van der Waals surface area contributed by atoms with Gasteiger partial charge in [0.15, 0.2) is 0 Å².